The van der Waals surface area contributed by atoms with Gasteiger partial charge >= 0.3 is 0 Å². The predicted molar refractivity (Wildman–Crippen MR) is 84.1 cm³/mol. The van der Waals surface area contributed by atoms with Gasteiger partial charge in [-0.1, -0.05) is 43.5 Å². The Bertz CT molecular complexity index is 402. The monoisotopic (exact) mass is 280 g/mol. The van der Waals surface area contributed by atoms with Gasteiger partial charge in [0, 0.05) is 26.2 Å². The Balaban J connectivity index is 2.02. The van der Waals surface area contributed by atoms with Gasteiger partial charge in [0.2, 0.25) is 0 Å². The average Bonchev–Trinajstić information content (AvgIpc) is 3.20. The molecule has 3 heteroatoms. The lowest BCUT2D eigenvalue weighted by Crippen LogP contribution is -2.23. The second-order valence-corrected chi connectivity index (χ2v) is 5.94. The standard InChI is InChI=1S/C16H25ClN2/c1-3-4-5-11-19(2)16-13(7-6-8-15(16)17)12-18-14-9-10-14/h6-8,14,18H,3-5,9-12H2,1-2H3. The van der Waals surface area contributed by atoms with Crippen molar-refractivity contribution in [2.24, 2.45) is 0 Å². The molecule has 1 N–H and O–H groups in total. The van der Waals surface area contributed by atoms with Gasteiger partial charge in [0.15, 0.2) is 0 Å². The van der Waals surface area contributed by atoms with Crippen LogP contribution in [0.25, 0.3) is 0 Å². The highest BCUT2D eigenvalue weighted by Gasteiger charge is 2.21. The van der Waals surface area contributed by atoms with E-state index in [1.165, 1.54) is 43.4 Å². The van der Waals surface area contributed by atoms with Gasteiger partial charge in [-0.3, -0.25) is 0 Å². The number of nitrogens with one attached hydrogen (secondary N) is 1. The fourth-order valence-electron chi connectivity index (χ4n) is 2.38. The Morgan fingerprint density at radius 3 is 2.79 bits per heavy atom. The highest BCUT2D eigenvalue weighted by molar-refractivity contribution is 6.33. The summed E-state index contributed by atoms with van der Waals surface area (Å²) in [6.07, 6.45) is 6.41. The molecule has 1 aliphatic rings. The van der Waals surface area contributed by atoms with Crippen molar-refractivity contribution >= 4 is 17.3 Å². The van der Waals surface area contributed by atoms with Crippen LogP contribution in [0, 0.1) is 0 Å². The maximum atomic E-state index is 6.40. The van der Waals surface area contributed by atoms with E-state index in [0.717, 1.165) is 24.2 Å². The van der Waals surface area contributed by atoms with Gasteiger partial charge in [-0.05, 0) is 30.9 Å². The molecule has 0 aliphatic heterocycles. The highest BCUT2D eigenvalue weighted by Crippen LogP contribution is 2.30. The summed E-state index contributed by atoms with van der Waals surface area (Å²) in [7, 11) is 2.15. The van der Waals surface area contributed by atoms with E-state index in [2.05, 4.69) is 36.3 Å². The Hall–Kier alpha value is -0.730. The van der Waals surface area contributed by atoms with E-state index in [0.29, 0.717) is 0 Å². The van der Waals surface area contributed by atoms with Crippen molar-refractivity contribution in [1.29, 1.82) is 0 Å². The van der Waals surface area contributed by atoms with Crippen molar-refractivity contribution in [3.05, 3.63) is 28.8 Å². The van der Waals surface area contributed by atoms with E-state index in [1.54, 1.807) is 0 Å². The van der Waals surface area contributed by atoms with Gasteiger partial charge in [-0.2, -0.15) is 0 Å². The minimum Gasteiger partial charge on any atom is -0.373 e. The van der Waals surface area contributed by atoms with Crippen LogP contribution in [-0.4, -0.2) is 19.6 Å². The van der Waals surface area contributed by atoms with E-state index in [-0.39, 0.29) is 0 Å². The van der Waals surface area contributed by atoms with Crippen LogP contribution in [-0.2, 0) is 6.54 Å². The largest absolute Gasteiger partial charge is 0.373 e. The Morgan fingerprint density at radius 2 is 2.11 bits per heavy atom. The maximum Gasteiger partial charge on any atom is 0.0642 e. The lowest BCUT2D eigenvalue weighted by Gasteiger charge is -2.24. The molecule has 1 aliphatic carbocycles. The third kappa shape index (κ3) is 4.39. The molecule has 0 bridgehead atoms. The zero-order valence-electron chi connectivity index (χ0n) is 12.1. The van der Waals surface area contributed by atoms with Crippen LogP contribution in [0.5, 0.6) is 0 Å². The summed E-state index contributed by atoms with van der Waals surface area (Å²) in [5.74, 6) is 0. The van der Waals surface area contributed by atoms with Crippen LogP contribution < -0.4 is 10.2 Å². The van der Waals surface area contributed by atoms with Crippen LogP contribution in [0.2, 0.25) is 5.02 Å². The fraction of sp³-hybridized carbons (Fsp3) is 0.625. The molecular weight excluding hydrogens is 256 g/mol. The van der Waals surface area contributed by atoms with Crippen LogP contribution in [0.4, 0.5) is 5.69 Å². The minimum absolute atomic E-state index is 0.734. The normalized spacial score (nSPS) is 14.7. The summed E-state index contributed by atoms with van der Waals surface area (Å²) < 4.78 is 0. The van der Waals surface area contributed by atoms with E-state index >= 15 is 0 Å². The topological polar surface area (TPSA) is 15.3 Å². The number of nitrogens with zero attached hydrogens (tertiary/aromatic N) is 1. The molecule has 1 saturated carbocycles. The second-order valence-electron chi connectivity index (χ2n) is 5.53. The molecule has 0 spiro atoms. The molecule has 106 valence electrons. The SMILES string of the molecule is CCCCCN(C)c1c(Cl)cccc1CNC1CC1. The van der Waals surface area contributed by atoms with Crippen LogP contribution in [0.3, 0.4) is 0 Å². The summed E-state index contributed by atoms with van der Waals surface area (Å²) in [6, 6.07) is 6.97. The second kappa shape index (κ2) is 7.16. The lowest BCUT2D eigenvalue weighted by molar-refractivity contribution is 0.678. The number of rotatable bonds is 8. The van der Waals surface area contributed by atoms with Gasteiger partial charge in [0.25, 0.3) is 0 Å². The third-order valence-corrected chi connectivity index (χ3v) is 4.01. The quantitative estimate of drug-likeness (QED) is 0.717. The van der Waals surface area contributed by atoms with Crippen molar-refractivity contribution in [2.45, 2.75) is 51.6 Å². The molecule has 1 aromatic rings. The lowest BCUT2D eigenvalue weighted by atomic mass is 10.1. The first-order valence-corrected chi connectivity index (χ1v) is 7.82. The van der Waals surface area contributed by atoms with E-state index in [1.807, 2.05) is 6.07 Å². The zero-order chi connectivity index (χ0) is 13.7. The van der Waals surface area contributed by atoms with E-state index in [4.69, 9.17) is 11.6 Å². The molecule has 1 fully saturated rings. The molecule has 0 unspecified atom stereocenters. The first-order chi connectivity index (χ1) is 9.22. The Morgan fingerprint density at radius 1 is 1.32 bits per heavy atom. The molecule has 1 aromatic carbocycles. The fourth-order valence-corrected chi connectivity index (χ4v) is 2.72. The summed E-state index contributed by atoms with van der Waals surface area (Å²) in [5.41, 5.74) is 2.52. The zero-order valence-corrected chi connectivity index (χ0v) is 12.8. The molecule has 2 rings (SSSR count). The van der Waals surface area contributed by atoms with Crippen molar-refractivity contribution in [3.63, 3.8) is 0 Å². The van der Waals surface area contributed by atoms with Crippen LogP contribution in [0.1, 0.15) is 44.6 Å². The third-order valence-electron chi connectivity index (χ3n) is 3.71. The van der Waals surface area contributed by atoms with Crippen molar-refractivity contribution in [2.75, 3.05) is 18.5 Å². The molecule has 19 heavy (non-hydrogen) atoms. The van der Waals surface area contributed by atoms with Gasteiger partial charge in [0.05, 0.1) is 10.7 Å². The molecule has 0 heterocycles. The van der Waals surface area contributed by atoms with Crippen molar-refractivity contribution in [3.8, 4) is 0 Å². The summed E-state index contributed by atoms with van der Waals surface area (Å²) in [5, 5.41) is 4.45. The van der Waals surface area contributed by atoms with Crippen LogP contribution >= 0.6 is 11.6 Å². The summed E-state index contributed by atoms with van der Waals surface area (Å²) >= 11 is 6.40. The molecule has 0 saturated heterocycles. The summed E-state index contributed by atoms with van der Waals surface area (Å²) in [4.78, 5) is 2.31. The Kier molecular flexibility index (Phi) is 5.53. The first kappa shape index (κ1) is 14.7. The highest BCUT2D eigenvalue weighted by atomic mass is 35.5. The van der Waals surface area contributed by atoms with Gasteiger partial charge in [0.1, 0.15) is 0 Å². The van der Waals surface area contributed by atoms with Crippen molar-refractivity contribution < 1.29 is 0 Å². The molecule has 0 amide bonds. The van der Waals surface area contributed by atoms with Crippen molar-refractivity contribution in [1.82, 2.24) is 5.32 Å². The number of anilines is 1. The van der Waals surface area contributed by atoms with E-state index < -0.39 is 0 Å². The van der Waals surface area contributed by atoms with Crippen LogP contribution in [0.15, 0.2) is 18.2 Å². The van der Waals surface area contributed by atoms with Gasteiger partial charge in [-0.25, -0.2) is 0 Å². The first-order valence-electron chi connectivity index (χ1n) is 7.44. The number of para-hydroxylation sites is 1. The molecule has 0 atom stereocenters. The predicted octanol–water partition coefficient (Wildman–Crippen LogP) is 4.22. The number of hydrogen-bond donors (Lipinski definition) is 1. The number of benzene rings is 1. The maximum absolute atomic E-state index is 6.40. The number of halogens is 1. The van der Waals surface area contributed by atoms with E-state index in [9.17, 15) is 0 Å². The Labute approximate surface area is 122 Å². The van der Waals surface area contributed by atoms with Gasteiger partial charge < -0.3 is 10.2 Å². The molecular formula is C16H25ClN2. The molecule has 2 nitrogen and oxygen atoms in total. The van der Waals surface area contributed by atoms with Gasteiger partial charge in [-0.15, -0.1) is 0 Å². The number of unbranched alkanes of at least 4 members (excludes halogenated alkanes) is 2. The molecule has 0 aromatic heterocycles. The average molecular weight is 281 g/mol. The smallest absolute Gasteiger partial charge is 0.0642 e. The number of hydrogen-bond acceptors (Lipinski definition) is 2. The minimum atomic E-state index is 0.734. The summed E-state index contributed by atoms with van der Waals surface area (Å²) in [6.45, 7) is 4.24. The molecule has 0 radical (unpaired) electrons.